The predicted octanol–water partition coefficient (Wildman–Crippen LogP) is 2.53. The second-order valence-electron chi connectivity index (χ2n) is 3.40. The first-order valence-corrected chi connectivity index (χ1v) is 5.08. The van der Waals surface area contributed by atoms with Gasteiger partial charge in [0.2, 0.25) is 5.91 Å². The van der Waals surface area contributed by atoms with Crippen molar-refractivity contribution in [3.05, 3.63) is 42.0 Å². The molecule has 0 saturated carbocycles. The Morgan fingerprint density at radius 3 is 2.47 bits per heavy atom. The second-order valence-corrected chi connectivity index (χ2v) is 3.40. The Bertz CT molecular complexity index is 509. The van der Waals surface area contributed by atoms with Gasteiger partial charge < -0.3 is 10.1 Å². The van der Waals surface area contributed by atoms with Gasteiger partial charge in [-0.3, -0.25) is 4.79 Å². The van der Waals surface area contributed by atoms with Gasteiger partial charge in [-0.15, -0.1) is 0 Å². The fourth-order valence-corrected chi connectivity index (χ4v) is 1.22. The number of alkyl halides is 3. The van der Waals surface area contributed by atoms with Gasteiger partial charge in [0.05, 0.1) is 18.4 Å². The number of benzene rings is 1. The number of carbonyl (C=O) groups excluding carboxylic acids is 2. The maximum absolute atomic E-state index is 11.9. The van der Waals surface area contributed by atoms with Gasteiger partial charge in [0, 0.05) is 12.2 Å². The fraction of sp³-hybridized carbons (Fsp3) is 0.167. The molecule has 0 bridgehead atoms. The molecule has 0 aliphatic rings. The molecule has 1 N–H and O–H groups in total. The van der Waals surface area contributed by atoms with Gasteiger partial charge in [0.25, 0.3) is 0 Å². The van der Waals surface area contributed by atoms with E-state index >= 15 is 0 Å². The van der Waals surface area contributed by atoms with E-state index in [0.717, 1.165) is 7.11 Å². The van der Waals surface area contributed by atoms with Crippen molar-refractivity contribution >= 4 is 17.6 Å². The molecule has 102 valence electrons. The summed E-state index contributed by atoms with van der Waals surface area (Å²) in [6.45, 7) is 0. The molecule has 19 heavy (non-hydrogen) atoms. The lowest BCUT2D eigenvalue weighted by molar-refractivity contribution is -0.112. The molecule has 4 nitrogen and oxygen atoms in total. The van der Waals surface area contributed by atoms with Crippen molar-refractivity contribution in [2.45, 2.75) is 6.18 Å². The maximum atomic E-state index is 11.9. The summed E-state index contributed by atoms with van der Waals surface area (Å²) in [5, 5.41) is 2.17. The average molecular weight is 273 g/mol. The summed E-state index contributed by atoms with van der Waals surface area (Å²) in [6.07, 6.45) is -4.42. The van der Waals surface area contributed by atoms with Crippen molar-refractivity contribution in [3.63, 3.8) is 0 Å². The molecule has 1 aromatic rings. The Balaban J connectivity index is 2.86. The van der Waals surface area contributed by atoms with Crippen molar-refractivity contribution in [1.82, 2.24) is 0 Å². The molecule has 0 atom stereocenters. The number of ether oxygens (including phenoxy) is 1. The van der Waals surface area contributed by atoms with Crippen LogP contribution < -0.4 is 5.32 Å². The second kappa shape index (κ2) is 6.03. The summed E-state index contributed by atoms with van der Waals surface area (Å²) in [6, 6.07) is 5.82. The standard InChI is InChI=1S/C12H10F3NO3/c1-19-11(18)8-4-2-3-5-9(8)16-10(17)6-7-12(13,14)15/h2-7H,1H3,(H,16,17). The van der Waals surface area contributed by atoms with Crippen LogP contribution in [-0.4, -0.2) is 25.2 Å². The van der Waals surface area contributed by atoms with Crippen molar-refractivity contribution in [2.24, 2.45) is 0 Å². The van der Waals surface area contributed by atoms with E-state index in [0.29, 0.717) is 6.08 Å². The first kappa shape index (κ1) is 14.7. The zero-order chi connectivity index (χ0) is 14.5. The minimum atomic E-state index is -4.57. The number of carbonyl (C=O) groups is 2. The SMILES string of the molecule is COC(=O)c1ccccc1NC(=O)C=CC(F)(F)F. The molecule has 0 spiro atoms. The number of methoxy groups -OCH3 is 1. The number of anilines is 1. The minimum absolute atomic E-state index is 0.0544. The molecule has 0 aromatic heterocycles. The molecule has 1 amide bonds. The summed E-state index contributed by atoms with van der Waals surface area (Å²) in [7, 11) is 1.16. The zero-order valence-corrected chi connectivity index (χ0v) is 9.82. The third-order valence-corrected chi connectivity index (χ3v) is 2.01. The van der Waals surface area contributed by atoms with Crippen molar-refractivity contribution in [3.8, 4) is 0 Å². The monoisotopic (exact) mass is 273 g/mol. The largest absolute Gasteiger partial charge is 0.465 e. The molecule has 0 saturated heterocycles. The highest BCUT2D eigenvalue weighted by Crippen LogP contribution is 2.18. The minimum Gasteiger partial charge on any atom is -0.465 e. The Hall–Kier alpha value is -2.31. The van der Waals surface area contributed by atoms with Crippen LogP contribution in [0.1, 0.15) is 10.4 Å². The molecular weight excluding hydrogens is 263 g/mol. The normalized spacial score (nSPS) is 11.4. The number of hydrogen-bond donors (Lipinski definition) is 1. The summed E-state index contributed by atoms with van der Waals surface area (Å²) in [5.41, 5.74) is 0.130. The summed E-state index contributed by atoms with van der Waals surface area (Å²) >= 11 is 0. The van der Waals surface area contributed by atoms with Crippen LogP contribution in [0.4, 0.5) is 18.9 Å². The highest BCUT2D eigenvalue weighted by Gasteiger charge is 2.22. The van der Waals surface area contributed by atoms with Crippen LogP contribution in [0.5, 0.6) is 0 Å². The Morgan fingerprint density at radius 2 is 1.89 bits per heavy atom. The first-order chi connectivity index (χ1) is 8.83. The molecule has 0 aliphatic carbocycles. The van der Waals surface area contributed by atoms with E-state index in [9.17, 15) is 22.8 Å². The van der Waals surface area contributed by atoms with Crippen LogP contribution in [0, 0.1) is 0 Å². The quantitative estimate of drug-likeness (QED) is 0.680. The lowest BCUT2D eigenvalue weighted by Crippen LogP contribution is -2.14. The number of nitrogens with one attached hydrogen (secondary N) is 1. The van der Waals surface area contributed by atoms with Gasteiger partial charge in [-0.1, -0.05) is 12.1 Å². The number of para-hydroxylation sites is 1. The molecule has 1 aromatic carbocycles. The van der Waals surface area contributed by atoms with E-state index in [4.69, 9.17) is 0 Å². The zero-order valence-electron chi connectivity index (χ0n) is 9.82. The van der Waals surface area contributed by atoms with Crippen LogP contribution in [0.15, 0.2) is 36.4 Å². The molecule has 0 radical (unpaired) electrons. The highest BCUT2D eigenvalue weighted by molar-refractivity contribution is 6.04. The summed E-state index contributed by atoms with van der Waals surface area (Å²) in [5.74, 6) is -1.69. The van der Waals surface area contributed by atoms with Gasteiger partial charge in [0.15, 0.2) is 0 Å². The van der Waals surface area contributed by atoms with E-state index in [1.165, 1.54) is 24.3 Å². The van der Waals surface area contributed by atoms with Crippen LogP contribution in [0.3, 0.4) is 0 Å². The molecule has 0 aliphatic heterocycles. The van der Waals surface area contributed by atoms with Gasteiger partial charge in [0.1, 0.15) is 0 Å². The predicted molar refractivity (Wildman–Crippen MR) is 61.6 cm³/mol. The number of allylic oxidation sites excluding steroid dienone is 1. The summed E-state index contributed by atoms with van der Waals surface area (Å²) < 4.78 is 40.1. The third-order valence-electron chi connectivity index (χ3n) is 2.01. The Kier molecular flexibility index (Phi) is 4.68. The Morgan fingerprint density at radius 1 is 1.26 bits per heavy atom. The van der Waals surface area contributed by atoms with E-state index < -0.39 is 18.1 Å². The van der Waals surface area contributed by atoms with Gasteiger partial charge in [-0.05, 0) is 12.1 Å². The van der Waals surface area contributed by atoms with Gasteiger partial charge >= 0.3 is 12.1 Å². The van der Waals surface area contributed by atoms with Crippen LogP contribution in [0.25, 0.3) is 0 Å². The third kappa shape index (κ3) is 4.82. The van der Waals surface area contributed by atoms with Gasteiger partial charge in [-0.2, -0.15) is 13.2 Å². The number of hydrogen-bond acceptors (Lipinski definition) is 3. The van der Waals surface area contributed by atoms with Crippen molar-refractivity contribution < 1.29 is 27.5 Å². The first-order valence-electron chi connectivity index (χ1n) is 5.08. The van der Waals surface area contributed by atoms with Crippen LogP contribution >= 0.6 is 0 Å². The maximum Gasteiger partial charge on any atom is 0.409 e. The van der Waals surface area contributed by atoms with Crippen LogP contribution in [-0.2, 0) is 9.53 Å². The Labute approximate surface area is 106 Å². The van der Waals surface area contributed by atoms with Crippen molar-refractivity contribution in [1.29, 1.82) is 0 Å². The topological polar surface area (TPSA) is 55.4 Å². The molecule has 0 heterocycles. The number of halogens is 3. The molecule has 0 fully saturated rings. The molecule has 7 heteroatoms. The smallest absolute Gasteiger partial charge is 0.409 e. The van der Waals surface area contributed by atoms with E-state index in [1.807, 2.05) is 0 Å². The van der Waals surface area contributed by atoms with Crippen molar-refractivity contribution in [2.75, 3.05) is 12.4 Å². The molecule has 1 rings (SSSR count). The summed E-state index contributed by atoms with van der Waals surface area (Å²) in [4.78, 5) is 22.6. The number of rotatable bonds is 3. The number of esters is 1. The fourth-order valence-electron chi connectivity index (χ4n) is 1.22. The van der Waals surface area contributed by atoms with E-state index in [2.05, 4.69) is 10.1 Å². The average Bonchev–Trinajstić information content (AvgIpc) is 2.35. The number of amides is 1. The molecular formula is C12H10F3NO3. The van der Waals surface area contributed by atoms with E-state index in [-0.39, 0.29) is 17.3 Å². The lowest BCUT2D eigenvalue weighted by Gasteiger charge is -2.07. The van der Waals surface area contributed by atoms with E-state index in [1.54, 1.807) is 0 Å². The molecule has 0 unspecified atom stereocenters. The lowest BCUT2D eigenvalue weighted by atomic mass is 10.2. The highest BCUT2D eigenvalue weighted by atomic mass is 19.4. The van der Waals surface area contributed by atoms with Crippen LogP contribution in [0.2, 0.25) is 0 Å². The van der Waals surface area contributed by atoms with Gasteiger partial charge in [-0.25, -0.2) is 4.79 Å².